The van der Waals surface area contributed by atoms with Gasteiger partial charge in [-0.3, -0.25) is 0 Å². The Balaban J connectivity index is 1.91. The second kappa shape index (κ2) is 5.48. The molecule has 1 saturated carbocycles. The summed E-state index contributed by atoms with van der Waals surface area (Å²) in [6, 6.07) is 0. The molecule has 0 aromatic carbocycles. The number of hydrogen-bond acceptors (Lipinski definition) is 3. The molecule has 0 amide bonds. The third kappa shape index (κ3) is 2.58. The van der Waals surface area contributed by atoms with Crippen LogP contribution in [0.2, 0.25) is 0 Å². The molecule has 0 radical (unpaired) electrons. The standard InChI is InChI=1S/C13H24O3/c1-15-13(6-8-16-9-7-13)12(14)10-11-4-2-3-5-11/h11-12,14H,2-10H2,1H3. The van der Waals surface area contributed by atoms with E-state index < -0.39 is 0 Å². The van der Waals surface area contributed by atoms with Crippen LogP contribution in [0.15, 0.2) is 0 Å². The Bertz CT molecular complexity index is 205. The van der Waals surface area contributed by atoms with Gasteiger partial charge >= 0.3 is 0 Å². The topological polar surface area (TPSA) is 38.7 Å². The summed E-state index contributed by atoms with van der Waals surface area (Å²) in [5.41, 5.74) is -0.332. The van der Waals surface area contributed by atoms with Gasteiger partial charge in [-0.1, -0.05) is 25.7 Å². The molecule has 1 unspecified atom stereocenters. The van der Waals surface area contributed by atoms with Crippen LogP contribution < -0.4 is 0 Å². The summed E-state index contributed by atoms with van der Waals surface area (Å²) in [5, 5.41) is 10.4. The van der Waals surface area contributed by atoms with Crippen LogP contribution in [0.5, 0.6) is 0 Å². The minimum Gasteiger partial charge on any atom is -0.390 e. The van der Waals surface area contributed by atoms with Crippen molar-refractivity contribution in [3.63, 3.8) is 0 Å². The molecule has 0 aromatic heterocycles. The van der Waals surface area contributed by atoms with E-state index in [1.807, 2.05) is 0 Å². The van der Waals surface area contributed by atoms with Crippen LogP contribution in [0.1, 0.15) is 44.9 Å². The van der Waals surface area contributed by atoms with Crippen molar-refractivity contribution < 1.29 is 14.6 Å². The fourth-order valence-corrected chi connectivity index (χ4v) is 3.17. The van der Waals surface area contributed by atoms with Gasteiger partial charge < -0.3 is 14.6 Å². The minimum atomic E-state index is -0.332. The maximum absolute atomic E-state index is 10.4. The highest BCUT2D eigenvalue weighted by atomic mass is 16.5. The number of rotatable bonds is 4. The van der Waals surface area contributed by atoms with Crippen LogP contribution in [-0.2, 0) is 9.47 Å². The van der Waals surface area contributed by atoms with Crippen molar-refractivity contribution in [3.8, 4) is 0 Å². The first-order valence-electron chi connectivity index (χ1n) is 6.58. The Labute approximate surface area is 98.1 Å². The van der Waals surface area contributed by atoms with Gasteiger partial charge in [0, 0.05) is 33.2 Å². The number of aliphatic hydroxyl groups excluding tert-OH is 1. The van der Waals surface area contributed by atoms with Gasteiger partial charge in [0.15, 0.2) is 0 Å². The first-order valence-corrected chi connectivity index (χ1v) is 6.58. The van der Waals surface area contributed by atoms with Crippen LogP contribution in [0, 0.1) is 5.92 Å². The van der Waals surface area contributed by atoms with E-state index in [0.717, 1.165) is 32.5 Å². The van der Waals surface area contributed by atoms with Gasteiger partial charge in [-0.2, -0.15) is 0 Å². The third-order valence-corrected chi connectivity index (χ3v) is 4.38. The zero-order chi connectivity index (χ0) is 11.4. The maximum Gasteiger partial charge on any atom is 0.0980 e. The smallest absolute Gasteiger partial charge is 0.0980 e. The molecule has 1 aliphatic heterocycles. The summed E-state index contributed by atoms with van der Waals surface area (Å²) in [6.45, 7) is 1.44. The average molecular weight is 228 g/mol. The van der Waals surface area contributed by atoms with Gasteiger partial charge in [0.1, 0.15) is 0 Å². The van der Waals surface area contributed by atoms with Crippen molar-refractivity contribution in [2.45, 2.75) is 56.7 Å². The molecule has 3 nitrogen and oxygen atoms in total. The van der Waals surface area contributed by atoms with E-state index in [9.17, 15) is 5.11 Å². The van der Waals surface area contributed by atoms with Crippen molar-refractivity contribution in [2.75, 3.05) is 20.3 Å². The zero-order valence-electron chi connectivity index (χ0n) is 10.3. The molecule has 0 aromatic rings. The molecule has 2 rings (SSSR count). The molecular weight excluding hydrogens is 204 g/mol. The van der Waals surface area contributed by atoms with Gasteiger partial charge in [-0.25, -0.2) is 0 Å². The highest BCUT2D eigenvalue weighted by Gasteiger charge is 2.40. The Kier molecular flexibility index (Phi) is 4.22. The Morgan fingerprint density at radius 2 is 1.94 bits per heavy atom. The van der Waals surface area contributed by atoms with E-state index in [-0.39, 0.29) is 11.7 Å². The number of methoxy groups -OCH3 is 1. The molecule has 2 fully saturated rings. The van der Waals surface area contributed by atoms with Gasteiger partial charge in [-0.05, 0) is 12.3 Å². The van der Waals surface area contributed by atoms with Crippen molar-refractivity contribution >= 4 is 0 Å². The SMILES string of the molecule is COC1(C(O)CC2CCCC2)CCOCC1. The van der Waals surface area contributed by atoms with Crippen LogP contribution in [0.3, 0.4) is 0 Å². The van der Waals surface area contributed by atoms with E-state index in [1.165, 1.54) is 25.7 Å². The summed E-state index contributed by atoms with van der Waals surface area (Å²) < 4.78 is 11.0. The largest absolute Gasteiger partial charge is 0.390 e. The van der Waals surface area contributed by atoms with Crippen LogP contribution >= 0.6 is 0 Å². The fraction of sp³-hybridized carbons (Fsp3) is 1.00. The lowest BCUT2D eigenvalue weighted by molar-refractivity contribution is -0.156. The lowest BCUT2D eigenvalue weighted by Gasteiger charge is -2.40. The van der Waals surface area contributed by atoms with Gasteiger partial charge in [-0.15, -0.1) is 0 Å². The monoisotopic (exact) mass is 228 g/mol. The molecule has 1 aliphatic carbocycles. The molecule has 1 saturated heterocycles. The van der Waals surface area contributed by atoms with Gasteiger partial charge in [0.05, 0.1) is 11.7 Å². The van der Waals surface area contributed by atoms with E-state index >= 15 is 0 Å². The van der Waals surface area contributed by atoms with E-state index in [1.54, 1.807) is 7.11 Å². The highest BCUT2D eigenvalue weighted by Crippen LogP contribution is 2.35. The lowest BCUT2D eigenvalue weighted by Crippen LogP contribution is -2.49. The van der Waals surface area contributed by atoms with Crippen LogP contribution in [-0.4, -0.2) is 37.1 Å². The fourth-order valence-electron chi connectivity index (χ4n) is 3.17. The normalized spacial score (nSPS) is 28.1. The lowest BCUT2D eigenvalue weighted by atomic mass is 9.83. The number of aliphatic hydroxyl groups is 1. The predicted molar refractivity (Wildman–Crippen MR) is 62.4 cm³/mol. The molecule has 1 heterocycles. The van der Waals surface area contributed by atoms with Crippen molar-refractivity contribution in [1.29, 1.82) is 0 Å². The zero-order valence-corrected chi connectivity index (χ0v) is 10.3. The molecular formula is C13H24O3. The second-order valence-corrected chi connectivity index (χ2v) is 5.28. The Morgan fingerprint density at radius 3 is 2.50 bits per heavy atom. The van der Waals surface area contributed by atoms with E-state index in [0.29, 0.717) is 5.92 Å². The first kappa shape index (κ1) is 12.3. The molecule has 94 valence electrons. The summed E-state index contributed by atoms with van der Waals surface area (Å²) in [7, 11) is 1.73. The third-order valence-electron chi connectivity index (χ3n) is 4.38. The van der Waals surface area contributed by atoms with Crippen molar-refractivity contribution in [2.24, 2.45) is 5.92 Å². The summed E-state index contributed by atoms with van der Waals surface area (Å²) in [4.78, 5) is 0. The second-order valence-electron chi connectivity index (χ2n) is 5.28. The molecule has 1 atom stereocenters. The van der Waals surface area contributed by atoms with E-state index in [4.69, 9.17) is 9.47 Å². The maximum atomic E-state index is 10.4. The van der Waals surface area contributed by atoms with E-state index in [2.05, 4.69) is 0 Å². The number of hydrogen-bond donors (Lipinski definition) is 1. The quantitative estimate of drug-likeness (QED) is 0.801. The molecule has 0 spiro atoms. The first-order chi connectivity index (χ1) is 7.77. The Morgan fingerprint density at radius 1 is 1.31 bits per heavy atom. The average Bonchev–Trinajstić information content (AvgIpc) is 2.82. The minimum absolute atomic E-state index is 0.315. The van der Waals surface area contributed by atoms with Gasteiger partial charge in [0.25, 0.3) is 0 Å². The number of ether oxygens (including phenoxy) is 2. The van der Waals surface area contributed by atoms with Crippen LogP contribution in [0.4, 0.5) is 0 Å². The molecule has 16 heavy (non-hydrogen) atoms. The summed E-state index contributed by atoms with van der Waals surface area (Å²) in [5.74, 6) is 0.713. The highest BCUT2D eigenvalue weighted by molar-refractivity contribution is 4.91. The molecule has 3 heteroatoms. The summed E-state index contributed by atoms with van der Waals surface area (Å²) in [6.07, 6.45) is 7.49. The summed E-state index contributed by atoms with van der Waals surface area (Å²) >= 11 is 0. The predicted octanol–water partition coefficient (Wildman–Crippen LogP) is 2.12. The molecule has 1 N–H and O–H groups in total. The van der Waals surface area contributed by atoms with Crippen LogP contribution in [0.25, 0.3) is 0 Å². The van der Waals surface area contributed by atoms with Gasteiger partial charge in [0.2, 0.25) is 0 Å². The van der Waals surface area contributed by atoms with Crippen molar-refractivity contribution in [1.82, 2.24) is 0 Å². The molecule has 2 aliphatic rings. The molecule has 0 bridgehead atoms. The van der Waals surface area contributed by atoms with Crippen molar-refractivity contribution in [3.05, 3.63) is 0 Å². The Hall–Kier alpha value is -0.120.